The molecule has 0 atom stereocenters. The van der Waals surface area contributed by atoms with E-state index in [0.717, 1.165) is 38.0 Å². The van der Waals surface area contributed by atoms with Crippen molar-refractivity contribution in [1.29, 1.82) is 0 Å². The van der Waals surface area contributed by atoms with E-state index in [9.17, 15) is 4.79 Å². The maximum Gasteiger partial charge on any atom is 0.317 e. The molecular weight excluding hydrogens is 320 g/mol. The molecule has 0 unspecified atom stereocenters. The number of aromatic nitrogens is 2. The average Bonchev–Trinajstić information content (AvgIpc) is 2.57. The highest BCUT2D eigenvalue weighted by atomic mass is 16.5. The molecule has 138 valence electrons. The molecule has 0 aliphatic heterocycles. The van der Waals surface area contributed by atoms with E-state index < -0.39 is 5.97 Å². The Bertz CT molecular complexity index is 571. The van der Waals surface area contributed by atoms with Gasteiger partial charge in [0.25, 0.3) is 0 Å². The smallest absolute Gasteiger partial charge is 0.317 e. The second kappa shape index (κ2) is 8.47. The Morgan fingerprint density at radius 3 is 2.76 bits per heavy atom. The Morgan fingerprint density at radius 2 is 2.08 bits per heavy atom. The van der Waals surface area contributed by atoms with E-state index in [0.29, 0.717) is 18.0 Å². The zero-order chi connectivity index (χ0) is 17.6. The summed E-state index contributed by atoms with van der Waals surface area (Å²) in [6, 6.07) is 0.639. The van der Waals surface area contributed by atoms with E-state index >= 15 is 0 Å². The van der Waals surface area contributed by atoms with E-state index in [-0.39, 0.29) is 12.6 Å². The third-order valence-electron chi connectivity index (χ3n) is 5.18. The van der Waals surface area contributed by atoms with Gasteiger partial charge in [0.05, 0.1) is 18.9 Å². The Kier molecular flexibility index (Phi) is 6.07. The second-order valence-electron chi connectivity index (χ2n) is 7.04. The van der Waals surface area contributed by atoms with Gasteiger partial charge in [-0.15, -0.1) is 0 Å². The zero-order valence-electron chi connectivity index (χ0n) is 14.9. The van der Waals surface area contributed by atoms with Crippen molar-refractivity contribution in [2.75, 3.05) is 18.4 Å². The fraction of sp³-hybridized carbons (Fsp3) is 0.722. The highest BCUT2D eigenvalue weighted by Crippen LogP contribution is 2.28. The number of rotatable bonds is 8. The lowest BCUT2D eigenvalue weighted by Gasteiger charge is -2.42. The van der Waals surface area contributed by atoms with Crippen LogP contribution in [0.1, 0.15) is 51.9 Å². The number of anilines is 1. The maximum absolute atomic E-state index is 10.9. The minimum absolute atomic E-state index is 0.110. The van der Waals surface area contributed by atoms with Crippen molar-refractivity contribution < 1.29 is 14.6 Å². The molecule has 0 saturated heterocycles. The van der Waals surface area contributed by atoms with Crippen molar-refractivity contribution in [3.63, 3.8) is 0 Å². The molecule has 25 heavy (non-hydrogen) atoms. The molecule has 1 aromatic heterocycles. The minimum atomic E-state index is -0.767. The third kappa shape index (κ3) is 5.04. The van der Waals surface area contributed by atoms with E-state index in [1.54, 1.807) is 12.4 Å². The van der Waals surface area contributed by atoms with Crippen molar-refractivity contribution in [3.8, 4) is 5.88 Å². The van der Waals surface area contributed by atoms with Gasteiger partial charge < -0.3 is 15.2 Å². The predicted octanol–water partition coefficient (Wildman–Crippen LogP) is 2.54. The standard InChI is InChI=1S/C18H28N4O3/c1-2-22(12-18(23)24)14-8-13(9-14)20-16-10-19-11-17(21-16)25-15-6-4-3-5-7-15/h10-11,13-15H,2-9,12H2,1H3,(H,20,21)(H,23,24). The summed E-state index contributed by atoms with van der Waals surface area (Å²) in [6.45, 7) is 2.87. The molecule has 3 rings (SSSR count). The lowest BCUT2D eigenvalue weighted by molar-refractivity contribution is -0.139. The highest BCUT2D eigenvalue weighted by molar-refractivity contribution is 5.69. The van der Waals surface area contributed by atoms with Gasteiger partial charge in [0.15, 0.2) is 0 Å². The molecule has 7 nitrogen and oxygen atoms in total. The predicted molar refractivity (Wildman–Crippen MR) is 94.8 cm³/mol. The number of carboxylic acid groups (broad SMARTS) is 1. The molecule has 2 saturated carbocycles. The molecular formula is C18H28N4O3. The van der Waals surface area contributed by atoms with Crippen LogP contribution in [0.3, 0.4) is 0 Å². The quantitative estimate of drug-likeness (QED) is 0.746. The number of hydrogen-bond donors (Lipinski definition) is 2. The number of hydrogen-bond acceptors (Lipinski definition) is 6. The summed E-state index contributed by atoms with van der Waals surface area (Å²) in [5.74, 6) is 0.559. The molecule has 0 amide bonds. The molecule has 7 heteroatoms. The summed E-state index contributed by atoms with van der Waals surface area (Å²) in [7, 11) is 0. The lowest BCUT2D eigenvalue weighted by Crippen LogP contribution is -2.51. The number of aliphatic carboxylic acids is 1. The van der Waals surface area contributed by atoms with Gasteiger partial charge >= 0.3 is 5.97 Å². The first-order valence-corrected chi connectivity index (χ1v) is 9.35. The number of likely N-dealkylation sites (N-methyl/N-ethyl adjacent to an activating group) is 1. The summed E-state index contributed by atoms with van der Waals surface area (Å²) in [5, 5.41) is 12.4. The van der Waals surface area contributed by atoms with Crippen LogP contribution in [0.4, 0.5) is 5.82 Å². The van der Waals surface area contributed by atoms with Crippen LogP contribution in [0.2, 0.25) is 0 Å². The fourth-order valence-electron chi connectivity index (χ4n) is 3.71. The molecule has 2 fully saturated rings. The Balaban J connectivity index is 1.47. The van der Waals surface area contributed by atoms with Gasteiger partial charge in [-0.3, -0.25) is 14.7 Å². The van der Waals surface area contributed by atoms with Crippen LogP contribution in [0.15, 0.2) is 12.4 Å². The molecule has 0 aromatic carbocycles. The molecule has 1 heterocycles. The molecule has 0 bridgehead atoms. The highest BCUT2D eigenvalue weighted by Gasteiger charge is 2.34. The first-order valence-electron chi connectivity index (χ1n) is 9.35. The first-order chi connectivity index (χ1) is 12.1. The zero-order valence-corrected chi connectivity index (χ0v) is 14.9. The van der Waals surface area contributed by atoms with Gasteiger partial charge in [-0.25, -0.2) is 0 Å². The van der Waals surface area contributed by atoms with Crippen molar-refractivity contribution in [3.05, 3.63) is 12.4 Å². The van der Waals surface area contributed by atoms with Crippen LogP contribution < -0.4 is 10.1 Å². The Hall–Kier alpha value is -1.89. The number of carbonyl (C=O) groups is 1. The van der Waals surface area contributed by atoms with Gasteiger partial charge in [-0.1, -0.05) is 13.3 Å². The number of ether oxygens (including phenoxy) is 1. The van der Waals surface area contributed by atoms with E-state index in [2.05, 4.69) is 15.3 Å². The summed E-state index contributed by atoms with van der Waals surface area (Å²) < 4.78 is 5.96. The second-order valence-corrected chi connectivity index (χ2v) is 7.04. The molecule has 1 aromatic rings. The number of nitrogens with one attached hydrogen (secondary N) is 1. The van der Waals surface area contributed by atoms with Crippen molar-refractivity contribution in [1.82, 2.24) is 14.9 Å². The van der Waals surface area contributed by atoms with Crippen LogP contribution in [-0.2, 0) is 4.79 Å². The first kappa shape index (κ1) is 17.9. The molecule has 0 spiro atoms. The van der Waals surface area contributed by atoms with E-state index in [4.69, 9.17) is 9.84 Å². The normalized spacial score (nSPS) is 23.9. The average molecular weight is 348 g/mol. The summed E-state index contributed by atoms with van der Waals surface area (Å²) in [6.07, 6.45) is 11.5. The molecule has 0 radical (unpaired) electrons. The summed E-state index contributed by atoms with van der Waals surface area (Å²) >= 11 is 0. The monoisotopic (exact) mass is 348 g/mol. The van der Waals surface area contributed by atoms with Crippen LogP contribution in [0.5, 0.6) is 5.88 Å². The largest absolute Gasteiger partial charge is 0.480 e. The number of nitrogens with zero attached hydrogens (tertiary/aromatic N) is 3. The SMILES string of the molecule is CCN(CC(=O)O)C1CC(Nc2cncc(OC3CCCCC3)n2)C1. The fourth-order valence-corrected chi connectivity index (χ4v) is 3.71. The minimum Gasteiger partial charge on any atom is -0.480 e. The van der Waals surface area contributed by atoms with Crippen molar-refractivity contribution in [2.45, 2.75) is 70.1 Å². The van der Waals surface area contributed by atoms with Crippen LogP contribution >= 0.6 is 0 Å². The van der Waals surface area contributed by atoms with Gasteiger partial charge in [-0.2, -0.15) is 4.98 Å². The third-order valence-corrected chi connectivity index (χ3v) is 5.18. The van der Waals surface area contributed by atoms with Gasteiger partial charge in [0.2, 0.25) is 5.88 Å². The van der Waals surface area contributed by atoms with E-state index in [1.807, 2.05) is 11.8 Å². The van der Waals surface area contributed by atoms with E-state index in [1.165, 1.54) is 19.3 Å². The van der Waals surface area contributed by atoms with Crippen molar-refractivity contribution >= 4 is 11.8 Å². The van der Waals surface area contributed by atoms with Crippen LogP contribution in [0, 0.1) is 0 Å². The van der Waals surface area contributed by atoms with Gasteiger partial charge in [-0.05, 0) is 45.1 Å². The van der Waals surface area contributed by atoms with Gasteiger partial charge in [0.1, 0.15) is 11.9 Å². The lowest BCUT2D eigenvalue weighted by atomic mass is 9.85. The molecule has 2 aliphatic rings. The topological polar surface area (TPSA) is 87.6 Å². The molecule has 2 aliphatic carbocycles. The number of carboxylic acids is 1. The maximum atomic E-state index is 10.9. The summed E-state index contributed by atoms with van der Waals surface area (Å²) in [4.78, 5) is 21.7. The Labute approximate surface area is 148 Å². The van der Waals surface area contributed by atoms with Crippen LogP contribution in [0.25, 0.3) is 0 Å². The van der Waals surface area contributed by atoms with Gasteiger partial charge in [0, 0.05) is 12.1 Å². The van der Waals surface area contributed by atoms with Crippen LogP contribution in [-0.4, -0.2) is 57.2 Å². The Morgan fingerprint density at radius 1 is 1.32 bits per heavy atom. The van der Waals surface area contributed by atoms with Crippen molar-refractivity contribution in [2.24, 2.45) is 0 Å². The molecule has 2 N–H and O–H groups in total. The summed E-state index contributed by atoms with van der Waals surface area (Å²) in [5.41, 5.74) is 0.